The molecule has 7 heteroatoms. The summed E-state index contributed by atoms with van der Waals surface area (Å²) in [6.07, 6.45) is 0.333. The number of hydrogen-bond donors (Lipinski definition) is 4. The van der Waals surface area contributed by atoms with Gasteiger partial charge in [0.05, 0.1) is 0 Å². The number of carbonyl (C=O) groups excluding carboxylic acids is 2. The van der Waals surface area contributed by atoms with Gasteiger partial charge < -0.3 is 20.5 Å². The molecule has 0 spiro atoms. The number of nitrogens with one attached hydrogen (secondary N) is 3. The Kier molecular flexibility index (Phi) is 7.40. The summed E-state index contributed by atoms with van der Waals surface area (Å²) in [6.45, 7) is 5.46. The fourth-order valence-electron chi connectivity index (χ4n) is 2.54. The Morgan fingerprint density at radius 1 is 1.04 bits per heavy atom. The number of para-hydroxylation sites is 1. The zero-order valence-corrected chi connectivity index (χ0v) is 16.4. The highest BCUT2D eigenvalue weighted by Crippen LogP contribution is 2.23. The Morgan fingerprint density at radius 2 is 1.75 bits per heavy atom. The van der Waals surface area contributed by atoms with Crippen LogP contribution in [0.4, 0.5) is 26.7 Å². The lowest BCUT2D eigenvalue weighted by atomic mass is 10.00. The highest BCUT2D eigenvalue weighted by Gasteiger charge is 2.26. The van der Waals surface area contributed by atoms with Crippen LogP contribution in [-0.4, -0.2) is 29.4 Å². The van der Waals surface area contributed by atoms with E-state index in [-0.39, 0.29) is 12.6 Å². The lowest BCUT2D eigenvalue weighted by molar-refractivity contribution is 0.0123. The molecule has 0 aliphatic rings. The van der Waals surface area contributed by atoms with Crippen LogP contribution in [0.2, 0.25) is 0 Å². The third kappa shape index (κ3) is 6.28. The monoisotopic (exact) mass is 385 g/mol. The molecule has 4 N–H and O–H groups in total. The molecule has 0 bridgehead atoms. The molecule has 1 unspecified atom stereocenters. The Hall–Kier alpha value is -3.06. The van der Waals surface area contributed by atoms with E-state index in [2.05, 4.69) is 16.0 Å². The number of hydrogen-bond acceptors (Lipinski definition) is 4. The molecule has 0 saturated carbocycles. The van der Waals surface area contributed by atoms with Crippen molar-refractivity contribution in [3.8, 4) is 0 Å². The maximum Gasteiger partial charge on any atom is 0.412 e. The summed E-state index contributed by atoms with van der Waals surface area (Å²) >= 11 is 0. The van der Waals surface area contributed by atoms with E-state index < -0.39 is 11.7 Å². The lowest BCUT2D eigenvalue weighted by Gasteiger charge is -2.27. The standard InChI is InChI=1S/C21H27N3O4/c1-4-21(3,12-13-25)28-20(27)23-17-11-10-15(2)18(14-17)24-19(26)22-16-8-6-5-7-9-16/h5-11,14,25H,4,12-13H2,1-3H3,(H,23,27)(H2,22,24,26). The smallest absolute Gasteiger partial charge is 0.412 e. The van der Waals surface area contributed by atoms with Gasteiger partial charge in [-0.2, -0.15) is 0 Å². The second-order valence-electron chi connectivity index (χ2n) is 6.77. The number of amides is 3. The molecule has 0 heterocycles. The first-order chi connectivity index (χ1) is 13.3. The minimum absolute atomic E-state index is 0.0628. The van der Waals surface area contributed by atoms with Gasteiger partial charge in [-0.15, -0.1) is 0 Å². The molecule has 2 aromatic carbocycles. The Labute approximate surface area is 165 Å². The topological polar surface area (TPSA) is 99.7 Å². The average Bonchev–Trinajstić information content (AvgIpc) is 2.65. The van der Waals surface area contributed by atoms with Crippen molar-refractivity contribution in [1.82, 2.24) is 0 Å². The molecule has 3 amide bonds. The number of anilines is 3. The number of urea groups is 1. The summed E-state index contributed by atoms with van der Waals surface area (Å²) in [7, 11) is 0. The molecule has 0 aliphatic heterocycles. The van der Waals surface area contributed by atoms with Gasteiger partial charge in [0.15, 0.2) is 0 Å². The molecule has 2 rings (SSSR count). The van der Waals surface area contributed by atoms with E-state index in [0.29, 0.717) is 29.9 Å². The predicted molar refractivity (Wildman–Crippen MR) is 111 cm³/mol. The third-order valence-electron chi connectivity index (χ3n) is 4.49. The number of aliphatic hydroxyl groups is 1. The van der Waals surface area contributed by atoms with E-state index in [1.54, 1.807) is 37.3 Å². The molecule has 0 radical (unpaired) electrons. The van der Waals surface area contributed by atoms with Gasteiger partial charge in [0, 0.05) is 30.1 Å². The summed E-state index contributed by atoms with van der Waals surface area (Å²) in [5.41, 5.74) is 1.85. The highest BCUT2D eigenvalue weighted by atomic mass is 16.6. The van der Waals surface area contributed by atoms with Gasteiger partial charge >= 0.3 is 12.1 Å². The first-order valence-corrected chi connectivity index (χ1v) is 9.20. The lowest BCUT2D eigenvalue weighted by Crippen LogP contribution is -2.34. The van der Waals surface area contributed by atoms with Gasteiger partial charge in [0.1, 0.15) is 5.60 Å². The molecule has 0 aliphatic carbocycles. The van der Waals surface area contributed by atoms with E-state index in [4.69, 9.17) is 9.84 Å². The zero-order chi connectivity index (χ0) is 20.6. The van der Waals surface area contributed by atoms with E-state index in [1.807, 2.05) is 32.0 Å². The number of rotatable bonds is 7. The quantitative estimate of drug-likeness (QED) is 0.553. The summed E-state index contributed by atoms with van der Waals surface area (Å²) in [6, 6.07) is 13.9. The first kappa shape index (κ1) is 21.2. The van der Waals surface area contributed by atoms with Gasteiger partial charge in [-0.25, -0.2) is 9.59 Å². The second kappa shape index (κ2) is 9.75. The van der Waals surface area contributed by atoms with Crippen molar-refractivity contribution in [3.63, 3.8) is 0 Å². The molecule has 150 valence electrons. The Morgan fingerprint density at radius 3 is 2.39 bits per heavy atom. The number of ether oxygens (including phenoxy) is 1. The molecule has 2 aromatic rings. The number of aryl methyl sites for hydroxylation is 1. The summed E-state index contributed by atoms with van der Waals surface area (Å²) < 4.78 is 5.45. The molecule has 0 fully saturated rings. The third-order valence-corrected chi connectivity index (χ3v) is 4.49. The normalized spacial score (nSPS) is 12.6. The van der Waals surface area contributed by atoms with E-state index >= 15 is 0 Å². The Bertz CT molecular complexity index is 811. The van der Waals surface area contributed by atoms with Gasteiger partial charge in [-0.3, -0.25) is 5.32 Å². The molecule has 0 aromatic heterocycles. The van der Waals surface area contributed by atoms with E-state index in [0.717, 1.165) is 5.56 Å². The number of benzene rings is 2. The average molecular weight is 385 g/mol. The van der Waals surface area contributed by atoms with Crippen LogP contribution in [0.1, 0.15) is 32.3 Å². The fourth-order valence-corrected chi connectivity index (χ4v) is 2.54. The van der Waals surface area contributed by atoms with Crippen LogP contribution in [0, 0.1) is 6.92 Å². The molecule has 7 nitrogen and oxygen atoms in total. The van der Waals surface area contributed by atoms with Gasteiger partial charge in [0.25, 0.3) is 0 Å². The molecule has 1 atom stereocenters. The molecule has 28 heavy (non-hydrogen) atoms. The van der Waals surface area contributed by atoms with Crippen molar-refractivity contribution < 1.29 is 19.4 Å². The summed E-state index contributed by atoms with van der Waals surface area (Å²) in [5, 5.41) is 17.3. The van der Waals surface area contributed by atoms with E-state index in [9.17, 15) is 9.59 Å². The SMILES string of the molecule is CCC(C)(CCO)OC(=O)Nc1ccc(C)c(NC(=O)Nc2ccccc2)c1. The minimum atomic E-state index is -0.736. The molecular formula is C21H27N3O4. The molecule has 0 saturated heterocycles. The van der Waals surface area contributed by atoms with Crippen LogP contribution in [0.5, 0.6) is 0 Å². The van der Waals surface area contributed by atoms with Crippen molar-refractivity contribution >= 4 is 29.2 Å². The van der Waals surface area contributed by atoms with Gasteiger partial charge in [-0.1, -0.05) is 31.2 Å². The van der Waals surface area contributed by atoms with Crippen molar-refractivity contribution in [2.75, 3.05) is 22.6 Å². The van der Waals surface area contributed by atoms with E-state index in [1.165, 1.54) is 0 Å². The highest BCUT2D eigenvalue weighted by molar-refractivity contribution is 6.00. The minimum Gasteiger partial charge on any atom is -0.443 e. The van der Waals surface area contributed by atoms with Crippen molar-refractivity contribution in [1.29, 1.82) is 0 Å². The van der Waals surface area contributed by atoms with Crippen LogP contribution >= 0.6 is 0 Å². The van der Waals surface area contributed by atoms with Crippen LogP contribution in [0.15, 0.2) is 48.5 Å². The van der Waals surface area contributed by atoms with Crippen LogP contribution in [-0.2, 0) is 4.74 Å². The van der Waals surface area contributed by atoms with Crippen LogP contribution in [0.3, 0.4) is 0 Å². The summed E-state index contributed by atoms with van der Waals surface area (Å²) in [5.74, 6) is 0. The largest absolute Gasteiger partial charge is 0.443 e. The van der Waals surface area contributed by atoms with Crippen molar-refractivity contribution in [2.45, 2.75) is 39.2 Å². The summed E-state index contributed by atoms with van der Waals surface area (Å²) in [4.78, 5) is 24.4. The number of aliphatic hydroxyl groups excluding tert-OH is 1. The molecular weight excluding hydrogens is 358 g/mol. The number of carbonyl (C=O) groups is 2. The van der Waals surface area contributed by atoms with Crippen LogP contribution in [0.25, 0.3) is 0 Å². The van der Waals surface area contributed by atoms with Gasteiger partial charge in [-0.05, 0) is 50.1 Å². The first-order valence-electron chi connectivity index (χ1n) is 9.20. The zero-order valence-electron chi connectivity index (χ0n) is 16.4. The predicted octanol–water partition coefficient (Wildman–Crippen LogP) is 4.74. The van der Waals surface area contributed by atoms with Gasteiger partial charge in [0.2, 0.25) is 0 Å². The maximum atomic E-state index is 12.2. The fraction of sp³-hybridized carbons (Fsp3) is 0.333. The van der Waals surface area contributed by atoms with Crippen molar-refractivity contribution in [2.24, 2.45) is 0 Å². The van der Waals surface area contributed by atoms with Crippen molar-refractivity contribution in [3.05, 3.63) is 54.1 Å². The maximum absolute atomic E-state index is 12.2. The second-order valence-corrected chi connectivity index (χ2v) is 6.77. The van der Waals surface area contributed by atoms with Crippen LogP contribution < -0.4 is 16.0 Å². The Balaban J connectivity index is 2.02.